The van der Waals surface area contributed by atoms with Crippen LogP contribution in [0.15, 0.2) is 29.2 Å². The van der Waals surface area contributed by atoms with Gasteiger partial charge in [-0.1, -0.05) is 25.1 Å². The minimum atomic E-state index is -1.13. The van der Waals surface area contributed by atoms with Crippen molar-refractivity contribution in [2.75, 3.05) is 13.2 Å². The van der Waals surface area contributed by atoms with Crippen LogP contribution in [0.2, 0.25) is 0 Å². The third-order valence-electron chi connectivity index (χ3n) is 3.63. The zero-order valence-electron chi connectivity index (χ0n) is 14.8. The van der Waals surface area contributed by atoms with Gasteiger partial charge in [0.1, 0.15) is 12.3 Å². The van der Waals surface area contributed by atoms with E-state index in [0.717, 1.165) is 4.90 Å². The molecule has 1 heterocycles. The van der Waals surface area contributed by atoms with E-state index in [9.17, 15) is 19.2 Å². The van der Waals surface area contributed by atoms with E-state index in [-0.39, 0.29) is 16.8 Å². The van der Waals surface area contributed by atoms with Gasteiger partial charge in [-0.2, -0.15) is 0 Å². The van der Waals surface area contributed by atoms with E-state index < -0.39 is 36.2 Å². The Morgan fingerprint density at radius 3 is 2.67 bits per heavy atom. The molecule has 0 radical (unpaired) electrons. The predicted molar refractivity (Wildman–Crippen MR) is 98.1 cm³/mol. The third kappa shape index (κ3) is 5.58. The molecule has 2 amide bonds. The number of carboxylic acids is 1. The van der Waals surface area contributed by atoms with E-state index in [2.05, 4.69) is 0 Å². The number of hydrogen-bond acceptors (Lipinski definition) is 7. The largest absolute Gasteiger partial charge is 0.481 e. The van der Waals surface area contributed by atoms with Crippen LogP contribution in [0.3, 0.4) is 0 Å². The Morgan fingerprint density at radius 1 is 1.30 bits per heavy atom. The first kappa shape index (κ1) is 20.5. The number of carbonyl (C=O) groups is 4. The second-order valence-corrected chi connectivity index (χ2v) is 6.69. The van der Waals surface area contributed by atoms with Crippen molar-refractivity contribution >= 4 is 40.9 Å². The summed E-state index contributed by atoms with van der Waals surface area (Å²) in [6, 6.07) is 6.53. The van der Waals surface area contributed by atoms with E-state index in [1.165, 1.54) is 6.08 Å². The summed E-state index contributed by atoms with van der Waals surface area (Å²) in [5.74, 6) is -2.13. The number of benzene rings is 1. The van der Waals surface area contributed by atoms with Crippen LogP contribution >= 0.6 is 11.8 Å². The summed E-state index contributed by atoms with van der Waals surface area (Å²) in [5.41, 5.74) is 0.450. The normalized spacial score (nSPS) is 16.5. The molecule has 8 nitrogen and oxygen atoms in total. The number of carboxylic acid groups (broad SMARTS) is 1. The lowest BCUT2D eigenvalue weighted by Gasteiger charge is -2.14. The van der Waals surface area contributed by atoms with Gasteiger partial charge < -0.3 is 14.6 Å². The average molecular weight is 393 g/mol. The number of esters is 1. The van der Waals surface area contributed by atoms with Gasteiger partial charge in [-0.25, -0.2) is 4.79 Å². The first-order valence-corrected chi connectivity index (χ1v) is 9.02. The first-order chi connectivity index (χ1) is 12.8. The number of aliphatic carboxylic acids is 1. The smallest absolute Gasteiger partial charge is 0.341 e. The number of nitrogens with zero attached hydrogens (tertiary/aromatic N) is 1. The topological polar surface area (TPSA) is 110 Å². The molecule has 1 saturated heterocycles. The number of rotatable bonds is 8. The molecular formula is C18H19NO7S. The molecule has 0 aromatic heterocycles. The second-order valence-electron chi connectivity index (χ2n) is 5.70. The molecular weight excluding hydrogens is 374 g/mol. The molecule has 9 heteroatoms. The van der Waals surface area contributed by atoms with Crippen molar-refractivity contribution in [3.8, 4) is 5.75 Å². The Hall–Kier alpha value is -2.81. The van der Waals surface area contributed by atoms with Crippen LogP contribution in [0.1, 0.15) is 25.8 Å². The molecule has 1 aromatic carbocycles. The Balaban J connectivity index is 2.14. The molecule has 0 saturated carbocycles. The number of para-hydroxylation sites is 1. The number of imide groups is 1. The van der Waals surface area contributed by atoms with Gasteiger partial charge >= 0.3 is 11.9 Å². The molecule has 0 aliphatic carbocycles. The molecule has 1 atom stereocenters. The second kappa shape index (κ2) is 9.22. The zero-order chi connectivity index (χ0) is 20.0. The van der Waals surface area contributed by atoms with Crippen molar-refractivity contribution in [1.29, 1.82) is 0 Å². The summed E-state index contributed by atoms with van der Waals surface area (Å²) >= 11 is 0.695. The molecule has 144 valence electrons. The fraction of sp³-hybridized carbons (Fsp3) is 0.333. The maximum Gasteiger partial charge on any atom is 0.341 e. The van der Waals surface area contributed by atoms with E-state index in [1.54, 1.807) is 31.2 Å². The number of ether oxygens (including phenoxy) is 2. The molecule has 0 spiro atoms. The summed E-state index contributed by atoms with van der Waals surface area (Å²) in [6.45, 7) is 2.58. The highest BCUT2D eigenvalue weighted by molar-refractivity contribution is 8.18. The van der Waals surface area contributed by atoms with Gasteiger partial charge in [0.2, 0.25) is 0 Å². The summed E-state index contributed by atoms with van der Waals surface area (Å²) in [6.07, 6.45) is 1.76. The predicted octanol–water partition coefficient (Wildman–Crippen LogP) is 2.53. The molecule has 1 unspecified atom stereocenters. The highest BCUT2D eigenvalue weighted by Crippen LogP contribution is 2.33. The van der Waals surface area contributed by atoms with Gasteiger partial charge in [-0.3, -0.25) is 19.3 Å². The molecule has 1 N–H and O–H groups in total. The van der Waals surface area contributed by atoms with Gasteiger partial charge in [0, 0.05) is 5.56 Å². The Bertz CT molecular complexity index is 790. The lowest BCUT2D eigenvalue weighted by atomic mass is 10.2. The van der Waals surface area contributed by atoms with E-state index in [1.807, 2.05) is 6.92 Å². The highest BCUT2D eigenvalue weighted by atomic mass is 32.2. The highest BCUT2D eigenvalue weighted by Gasteiger charge is 2.37. The monoisotopic (exact) mass is 393 g/mol. The van der Waals surface area contributed by atoms with Crippen molar-refractivity contribution in [2.45, 2.75) is 26.4 Å². The Labute approximate surface area is 160 Å². The van der Waals surface area contributed by atoms with Crippen LogP contribution in [0.4, 0.5) is 4.79 Å². The molecule has 1 aromatic rings. The SMILES string of the molecule is CCC(C)OC(=O)CN1C(=O)S/C(=C\c2ccccc2OCC(=O)O)C1=O. The van der Waals surface area contributed by atoms with Crippen molar-refractivity contribution in [3.05, 3.63) is 34.7 Å². The van der Waals surface area contributed by atoms with Crippen LogP contribution in [-0.4, -0.2) is 52.3 Å². The summed E-state index contributed by atoms with van der Waals surface area (Å²) in [7, 11) is 0. The maximum atomic E-state index is 12.5. The van der Waals surface area contributed by atoms with E-state index in [4.69, 9.17) is 14.6 Å². The van der Waals surface area contributed by atoms with Crippen LogP contribution in [0.5, 0.6) is 5.75 Å². The van der Waals surface area contributed by atoms with Crippen molar-refractivity contribution in [3.63, 3.8) is 0 Å². The number of hydrogen-bond donors (Lipinski definition) is 1. The van der Waals surface area contributed by atoms with Gasteiger partial charge in [0.05, 0.1) is 11.0 Å². The van der Waals surface area contributed by atoms with Gasteiger partial charge in [-0.15, -0.1) is 0 Å². The zero-order valence-corrected chi connectivity index (χ0v) is 15.7. The van der Waals surface area contributed by atoms with Crippen LogP contribution < -0.4 is 4.74 Å². The quantitative estimate of drug-likeness (QED) is 0.530. The molecule has 1 aliphatic rings. The van der Waals surface area contributed by atoms with Gasteiger partial charge in [-0.05, 0) is 37.2 Å². The van der Waals surface area contributed by atoms with Crippen LogP contribution in [0.25, 0.3) is 6.08 Å². The van der Waals surface area contributed by atoms with Gasteiger partial charge in [0.15, 0.2) is 6.61 Å². The van der Waals surface area contributed by atoms with Crippen molar-refractivity contribution in [1.82, 2.24) is 4.90 Å². The average Bonchev–Trinajstić information content (AvgIpc) is 2.88. The van der Waals surface area contributed by atoms with Crippen molar-refractivity contribution in [2.24, 2.45) is 0 Å². The first-order valence-electron chi connectivity index (χ1n) is 8.20. The molecule has 1 fully saturated rings. The minimum Gasteiger partial charge on any atom is -0.481 e. The number of carbonyl (C=O) groups excluding carboxylic acids is 3. The fourth-order valence-electron chi connectivity index (χ4n) is 2.12. The summed E-state index contributed by atoms with van der Waals surface area (Å²) < 4.78 is 10.3. The Morgan fingerprint density at radius 2 is 2.00 bits per heavy atom. The Kier molecular flexibility index (Phi) is 7.00. The van der Waals surface area contributed by atoms with E-state index in [0.29, 0.717) is 23.7 Å². The summed E-state index contributed by atoms with van der Waals surface area (Å²) in [4.78, 5) is 48.0. The standard InChI is InChI=1S/C18H19NO7S/c1-3-11(2)26-16(22)9-19-17(23)14(27-18(19)24)8-12-6-4-5-7-13(12)25-10-15(20)21/h4-8,11H,3,9-10H2,1-2H3,(H,20,21)/b14-8-. The number of thioether (sulfide) groups is 1. The molecule has 2 rings (SSSR count). The molecule has 1 aliphatic heterocycles. The lowest BCUT2D eigenvalue weighted by molar-refractivity contribution is -0.150. The number of amides is 2. The van der Waals surface area contributed by atoms with Crippen molar-refractivity contribution < 1.29 is 33.8 Å². The lowest BCUT2D eigenvalue weighted by Crippen LogP contribution is -2.35. The van der Waals surface area contributed by atoms with Crippen LogP contribution in [0, 0.1) is 0 Å². The van der Waals surface area contributed by atoms with E-state index >= 15 is 0 Å². The molecule has 27 heavy (non-hydrogen) atoms. The fourth-order valence-corrected chi connectivity index (χ4v) is 2.95. The maximum absolute atomic E-state index is 12.5. The summed E-state index contributed by atoms with van der Waals surface area (Å²) in [5, 5.41) is 8.16. The minimum absolute atomic E-state index is 0.114. The van der Waals surface area contributed by atoms with Gasteiger partial charge in [0.25, 0.3) is 11.1 Å². The van der Waals surface area contributed by atoms with Crippen LogP contribution in [-0.2, 0) is 19.1 Å². The third-order valence-corrected chi connectivity index (χ3v) is 4.53. The molecule has 0 bridgehead atoms.